The highest BCUT2D eigenvalue weighted by Crippen LogP contribution is 2.45. The monoisotopic (exact) mass is 461 g/mol. The lowest BCUT2D eigenvalue weighted by atomic mass is 9.75. The quantitative estimate of drug-likeness (QED) is 0.496. The van der Waals surface area contributed by atoms with Crippen molar-refractivity contribution in [1.29, 1.82) is 0 Å². The number of nitrogens with zero attached hydrogens (tertiary/aromatic N) is 1. The summed E-state index contributed by atoms with van der Waals surface area (Å²) in [6, 6.07) is 3.28. The Bertz CT molecular complexity index is 779. The summed E-state index contributed by atoms with van der Waals surface area (Å²) >= 11 is 0. The van der Waals surface area contributed by atoms with Gasteiger partial charge in [-0.15, -0.1) is 0 Å². The maximum atomic E-state index is 14.1. The van der Waals surface area contributed by atoms with Gasteiger partial charge in [-0.1, -0.05) is 26.2 Å². The highest BCUT2D eigenvalue weighted by molar-refractivity contribution is 5.89. The van der Waals surface area contributed by atoms with Crippen LogP contribution in [0.15, 0.2) is 12.1 Å². The first-order valence-corrected chi connectivity index (χ1v) is 12.3. The van der Waals surface area contributed by atoms with Gasteiger partial charge in [0, 0.05) is 6.54 Å². The number of esters is 1. The Hall–Kier alpha value is -2.44. The number of carbonyl (C=O) groups excluding carboxylic acids is 2. The molecular formula is C26H39NO6. The van der Waals surface area contributed by atoms with Crippen LogP contribution >= 0.6 is 0 Å². The lowest BCUT2D eigenvalue weighted by molar-refractivity contribution is -0.158. The van der Waals surface area contributed by atoms with Gasteiger partial charge in [0.2, 0.25) is 11.7 Å². The van der Waals surface area contributed by atoms with Gasteiger partial charge in [-0.3, -0.25) is 4.79 Å². The smallest absolute Gasteiger partial charge is 0.328 e. The molecule has 0 bridgehead atoms. The Labute approximate surface area is 197 Å². The highest BCUT2D eigenvalue weighted by atomic mass is 16.5. The van der Waals surface area contributed by atoms with Crippen LogP contribution in [0.1, 0.15) is 76.2 Å². The van der Waals surface area contributed by atoms with E-state index in [4.69, 9.17) is 18.9 Å². The van der Waals surface area contributed by atoms with E-state index in [0.29, 0.717) is 36.8 Å². The van der Waals surface area contributed by atoms with Crippen LogP contribution in [0.4, 0.5) is 0 Å². The molecule has 33 heavy (non-hydrogen) atoms. The highest BCUT2D eigenvalue weighted by Gasteiger charge is 2.40. The lowest BCUT2D eigenvalue weighted by Gasteiger charge is -2.39. The van der Waals surface area contributed by atoms with Crippen LogP contribution in [-0.2, 0) is 14.3 Å². The standard InChI is InChI=1S/C26H39NO6/c1-5-15-33-26(29)20-13-9-10-14-27(20)25(28)23(18-11-7-6-8-12-18)19-16-21(30-2)24(32-4)22(17-19)31-3/h16-18,20,23H,5-15H2,1-4H3/t20-,23?/m0/s1. The van der Waals surface area contributed by atoms with E-state index < -0.39 is 6.04 Å². The van der Waals surface area contributed by atoms with Crippen molar-refractivity contribution in [1.82, 2.24) is 4.90 Å². The largest absolute Gasteiger partial charge is 0.493 e. The molecule has 0 radical (unpaired) electrons. The molecule has 1 amide bonds. The summed E-state index contributed by atoms with van der Waals surface area (Å²) in [5, 5.41) is 0. The first-order valence-electron chi connectivity index (χ1n) is 12.3. The maximum Gasteiger partial charge on any atom is 0.328 e. The molecule has 184 valence electrons. The van der Waals surface area contributed by atoms with E-state index in [0.717, 1.165) is 50.5 Å². The third-order valence-corrected chi connectivity index (χ3v) is 6.94. The molecule has 0 aromatic heterocycles. The van der Waals surface area contributed by atoms with E-state index in [9.17, 15) is 9.59 Å². The van der Waals surface area contributed by atoms with Crippen LogP contribution in [0.2, 0.25) is 0 Å². The molecule has 1 heterocycles. The zero-order chi connectivity index (χ0) is 23.8. The summed E-state index contributed by atoms with van der Waals surface area (Å²) in [7, 11) is 4.75. The van der Waals surface area contributed by atoms with Crippen molar-refractivity contribution in [3.05, 3.63) is 17.7 Å². The second-order valence-corrected chi connectivity index (χ2v) is 9.05. The summed E-state index contributed by atoms with van der Waals surface area (Å²) in [5.41, 5.74) is 0.854. The fourth-order valence-electron chi connectivity index (χ4n) is 5.28. The summed E-state index contributed by atoms with van der Waals surface area (Å²) in [5.74, 6) is 1.17. The van der Waals surface area contributed by atoms with E-state index in [1.807, 2.05) is 19.1 Å². The third kappa shape index (κ3) is 5.74. The fourth-order valence-corrected chi connectivity index (χ4v) is 5.28. The zero-order valence-electron chi connectivity index (χ0n) is 20.6. The molecule has 0 spiro atoms. The number of carbonyl (C=O) groups is 2. The van der Waals surface area contributed by atoms with Gasteiger partial charge in [-0.25, -0.2) is 4.79 Å². The van der Waals surface area contributed by atoms with Gasteiger partial charge in [-0.2, -0.15) is 0 Å². The molecule has 1 unspecified atom stereocenters. The van der Waals surface area contributed by atoms with Crippen LogP contribution < -0.4 is 14.2 Å². The number of hydrogen-bond acceptors (Lipinski definition) is 6. The van der Waals surface area contributed by atoms with E-state index in [1.165, 1.54) is 6.42 Å². The van der Waals surface area contributed by atoms with E-state index in [1.54, 1.807) is 26.2 Å². The van der Waals surface area contributed by atoms with Crippen molar-refractivity contribution in [3.63, 3.8) is 0 Å². The molecule has 3 rings (SSSR count). The van der Waals surface area contributed by atoms with Gasteiger partial charge in [0.1, 0.15) is 6.04 Å². The van der Waals surface area contributed by atoms with Crippen LogP contribution in [0.5, 0.6) is 17.2 Å². The predicted molar refractivity (Wildman–Crippen MR) is 126 cm³/mol. The molecule has 0 N–H and O–H groups in total. The third-order valence-electron chi connectivity index (χ3n) is 6.94. The van der Waals surface area contributed by atoms with Gasteiger partial charge in [-0.05, 0) is 62.1 Å². The van der Waals surface area contributed by atoms with Crippen LogP contribution in [0.25, 0.3) is 0 Å². The molecule has 1 aliphatic heterocycles. The van der Waals surface area contributed by atoms with Crippen molar-refractivity contribution in [3.8, 4) is 17.2 Å². The van der Waals surface area contributed by atoms with Gasteiger partial charge in [0.05, 0.1) is 33.9 Å². The summed E-state index contributed by atoms with van der Waals surface area (Å²) < 4.78 is 22.1. The molecule has 1 aliphatic carbocycles. The van der Waals surface area contributed by atoms with Crippen molar-refractivity contribution in [2.24, 2.45) is 5.92 Å². The summed E-state index contributed by atoms with van der Waals surface area (Å²) in [6.07, 6.45) is 8.65. The van der Waals surface area contributed by atoms with E-state index in [2.05, 4.69) is 0 Å². The van der Waals surface area contributed by atoms with Crippen molar-refractivity contribution < 1.29 is 28.5 Å². The molecule has 2 aliphatic rings. The number of hydrogen-bond donors (Lipinski definition) is 0. The van der Waals surface area contributed by atoms with E-state index >= 15 is 0 Å². The number of amides is 1. The molecule has 1 aromatic rings. The Morgan fingerprint density at radius 2 is 1.58 bits per heavy atom. The predicted octanol–water partition coefficient (Wildman–Crippen LogP) is 4.71. The van der Waals surface area contributed by atoms with Crippen molar-refractivity contribution in [2.75, 3.05) is 34.5 Å². The first kappa shape index (κ1) is 25.2. The molecule has 1 saturated carbocycles. The number of ether oxygens (including phenoxy) is 4. The van der Waals surface area contributed by atoms with Crippen LogP contribution in [0.3, 0.4) is 0 Å². The van der Waals surface area contributed by atoms with Crippen LogP contribution in [0, 0.1) is 5.92 Å². The molecule has 1 aromatic carbocycles. The second-order valence-electron chi connectivity index (χ2n) is 9.05. The minimum atomic E-state index is -0.508. The SMILES string of the molecule is CCCOC(=O)[C@@H]1CCCCN1C(=O)C(c1cc(OC)c(OC)c(OC)c1)C1CCCCC1. The maximum absolute atomic E-state index is 14.1. The molecule has 2 atom stereocenters. The molecule has 1 saturated heterocycles. The zero-order valence-corrected chi connectivity index (χ0v) is 20.6. The number of methoxy groups -OCH3 is 3. The molecule has 7 heteroatoms. The Kier molecular flexibility index (Phi) is 9.27. The Morgan fingerprint density at radius 3 is 2.15 bits per heavy atom. The number of likely N-dealkylation sites (tertiary alicyclic amines) is 1. The van der Waals surface area contributed by atoms with Crippen molar-refractivity contribution in [2.45, 2.75) is 76.7 Å². The fraction of sp³-hybridized carbons (Fsp3) is 0.692. The van der Waals surface area contributed by atoms with E-state index in [-0.39, 0.29) is 23.7 Å². The lowest BCUT2D eigenvalue weighted by Crippen LogP contribution is -2.51. The second kappa shape index (κ2) is 12.1. The minimum absolute atomic E-state index is 0.00863. The minimum Gasteiger partial charge on any atom is -0.493 e. The van der Waals surface area contributed by atoms with Crippen LogP contribution in [-0.4, -0.2) is 57.3 Å². The molecular weight excluding hydrogens is 422 g/mol. The molecule has 7 nitrogen and oxygen atoms in total. The Balaban J connectivity index is 2.00. The van der Waals surface area contributed by atoms with Gasteiger partial charge in [0.25, 0.3) is 0 Å². The number of benzene rings is 1. The first-order chi connectivity index (χ1) is 16.0. The normalized spacial score (nSPS) is 20.1. The Morgan fingerprint density at radius 1 is 0.939 bits per heavy atom. The van der Waals surface area contributed by atoms with Gasteiger partial charge >= 0.3 is 5.97 Å². The van der Waals surface area contributed by atoms with Crippen molar-refractivity contribution >= 4 is 11.9 Å². The molecule has 2 fully saturated rings. The van der Waals surface area contributed by atoms with Gasteiger partial charge in [0.15, 0.2) is 11.5 Å². The summed E-state index contributed by atoms with van der Waals surface area (Å²) in [4.78, 5) is 28.7. The number of piperidine rings is 1. The number of rotatable bonds is 9. The topological polar surface area (TPSA) is 74.3 Å². The van der Waals surface area contributed by atoms with Gasteiger partial charge < -0.3 is 23.8 Å². The average Bonchev–Trinajstić information content (AvgIpc) is 2.87. The average molecular weight is 462 g/mol. The summed E-state index contributed by atoms with van der Waals surface area (Å²) in [6.45, 7) is 2.94.